The van der Waals surface area contributed by atoms with Gasteiger partial charge in [0.1, 0.15) is 5.75 Å². The average Bonchev–Trinajstić information content (AvgIpc) is 2.92. The van der Waals surface area contributed by atoms with Crippen LogP contribution in [0.3, 0.4) is 0 Å². The Morgan fingerprint density at radius 3 is 2.60 bits per heavy atom. The minimum absolute atomic E-state index is 0.263. The van der Waals surface area contributed by atoms with Crippen LogP contribution in [0.2, 0.25) is 0 Å². The van der Waals surface area contributed by atoms with E-state index in [1.165, 1.54) is 12.8 Å². The summed E-state index contributed by atoms with van der Waals surface area (Å²) in [6.45, 7) is 9.63. The Morgan fingerprint density at radius 1 is 1.28 bits per heavy atom. The summed E-state index contributed by atoms with van der Waals surface area (Å²) in [6.07, 6.45) is 2.57. The maximum absolute atomic E-state index is 5.75. The predicted molar refractivity (Wildman–Crippen MR) is 103 cm³/mol. The highest BCUT2D eigenvalue weighted by Gasteiger charge is 2.20. The summed E-state index contributed by atoms with van der Waals surface area (Å²) in [5.41, 5.74) is 1.06. The van der Waals surface area contributed by atoms with Crippen LogP contribution in [0.5, 0.6) is 5.75 Å². The van der Waals surface area contributed by atoms with E-state index in [0.717, 1.165) is 47.6 Å². The minimum atomic E-state index is 0.263. The van der Waals surface area contributed by atoms with Crippen LogP contribution in [0, 0.1) is 10.7 Å². The van der Waals surface area contributed by atoms with Crippen molar-refractivity contribution in [3.05, 3.63) is 29.0 Å². The van der Waals surface area contributed by atoms with E-state index in [9.17, 15) is 0 Å². The van der Waals surface area contributed by atoms with E-state index < -0.39 is 0 Å². The third kappa shape index (κ3) is 3.96. The summed E-state index contributed by atoms with van der Waals surface area (Å²) in [4.78, 5) is 2.46. The second-order valence-corrected chi connectivity index (χ2v) is 7.63. The number of benzene rings is 1. The van der Waals surface area contributed by atoms with Crippen molar-refractivity contribution in [1.29, 1.82) is 0 Å². The van der Waals surface area contributed by atoms with Crippen LogP contribution in [-0.4, -0.2) is 39.4 Å². The number of aromatic nitrogens is 3. The second-order valence-electron chi connectivity index (χ2n) is 7.26. The van der Waals surface area contributed by atoms with Crippen LogP contribution in [0.4, 0.5) is 0 Å². The molecule has 1 aliphatic rings. The highest BCUT2D eigenvalue weighted by Crippen LogP contribution is 2.25. The lowest BCUT2D eigenvalue weighted by Crippen LogP contribution is -2.36. The molecule has 2 heterocycles. The normalized spacial score (nSPS) is 18.7. The number of piperidine rings is 1. The number of rotatable bonds is 5. The van der Waals surface area contributed by atoms with Crippen molar-refractivity contribution in [3.8, 4) is 17.1 Å². The van der Waals surface area contributed by atoms with Gasteiger partial charge in [-0.15, -0.1) is 0 Å². The fraction of sp³-hybridized carbons (Fsp3) is 0.579. The van der Waals surface area contributed by atoms with E-state index in [4.69, 9.17) is 22.1 Å². The van der Waals surface area contributed by atoms with Crippen LogP contribution in [0.15, 0.2) is 24.3 Å². The first-order chi connectivity index (χ1) is 12.0. The quantitative estimate of drug-likeness (QED) is 0.742. The molecule has 0 unspecified atom stereocenters. The van der Waals surface area contributed by atoms with E-state index >= 15 is 0 Å². The molecule has 2 aromatic rings. The van der Waals surface area contributed by atoms with Crippen LogP contribution >= 0.6 is 12.2 Å². The van der Waals surface area contributed by atoms with Crippen molar-refractivity contribution in [1.82, 2.24) is 19.2 Å². The first-order valence-corrected chi connectivity index (χ1v) is 9.46. The summed E-state index contributed by atoms with van der Waals surface area (Å²) < 4.78 is 10.2. The third-order valence-electron chi connectivity index (χ3n) is 4.81. The molecule has 5 nitrogen and oxygen atoms in total. The van der Waals surface area contributed by atoms with Crippen LogP contribution in [0.1, 0.15) is 39.7 Å². The lowest BCUT2D eigenvalue weighted by molar-refractivity contribution is 0.138. The first-order valence-electron chi connectivity index (χ1n) is 9.05. The summed E-state index contributed by atoms with van der Waals surface area (Å²) in [5, 5.41) is 4.87. The Hall–Kier alpha value is -1.66. The molecule has 0 aliphatic carbocycles. The van der Waals surface area contributed by atoms with Gasteiger partial charge in [-0.2, -0.15) is 5.10 Å². The van der Waals surface area contributed by atoms with Gasteiger partial charge < -0.3 is 4.74 Å². The number of ether oxygens (including phenoxy) is 1. The zero-order valence-corrected chi connectivity index (χ0v) is 16.4. The molecule has 1 aromatic heterocycles. The molecule has 1 saturated heterocycles. The van der Waals surface area contributed by atoms with E-state index in [1.54, 1.807) is 7.11 Å². The molecule has 6 heteroatoms. The molecule has 1 atom stereocenters. The number of nitrogens with zero attached hydrogens (tertiary/aromatic N) is 4. The number of hydrogen-bond donors (Lipinski definition) is 0. The van der Waals surface area contributed by atoms with Gasteiger partial charge in [0.15, 0.2) is 10.6 Å². The van der Waals surface area contributed by atoms with Gasteiger partial charge in [0.25, 0.3) is 0 Å². The molecule has 0 bridgehead atoms. The number of likely N-dealkylation sites (tertiary alicyclic amines) is 1. The standard InChI is InChI=1S/C19H28N4OS/c1-14(2)23-18(16-7-9-17(24-4)10-8-16)20-22(19(23)25)13-21-11-5-6-15(3)12-21/h7-10,14-15H,5-6,11-13H2,1-4H3/t15-/m0/s1. The molecule has 0 spiro atoms. The van der Waals surface area contributed by atoms with Crippen molar-refractivity contribution >= 4 is 12.2 Å². The second kappa shape index (κ2) is 7.70. The highest BCUT2D eigenvalue weighted by molar-refractivity contribution is 7.71. The molecule has 0 N–H and O–H groups in total. The molecule has 3 rings (SSSR count). The van der Waals surface area contributed by atoms with Gasteiger partial charge in [-0.1, -0.05) is 6.92 Å². The zero-order valence-electron chi connectivity index (χ0n) is 15.6. The summed E-state index contributed by atoms with van der Waals surface area (Å²) in [7, 11) is 1.68. The van der Waals surface area contributed by atoms with Crippen molar-refractivity contribution in [2.75, 3.05) is 20.2 Å². The SMILES string of the molecule is COc1ccc(-c2nn(CN3CCC[C@H](C)C3)c(=S)n2C(C)C)cc1. The minimum Gasteiger partial charge on any atom is -0.497 e. The van der Waals surface area contributed by atoms with Crippen molar-refractivity contribution in [2.45, 2.75) is 46.3 Å². The van der Waals surface area contributed by atoms with E-state index in [-0.39, 0.29) is 6.04 Å². The number of hydrogen-bond acceptors (Lipinski definition) is 4. The Balaban J connectivity index is 1.93. The molecule has 0 amide bonds. The third-order valence-corrected chi connectivity index (χ3v) is 5.22. The van der Waals surface area contributed by atoms with Gasteiger partial charge in [0.05, 0.1) is 13.8 Å². The van der Waals surface area contributed by atoms with E-state index in [0.29, 0.717) is 0 Å². The van der Waals surface area contributed by atoms with Crippen LogP contribution in [-0.2, 0) is 6.67 Å². The molecule has 0 radical (unpaired) electrons. The zero-order chi connectivity index (χ0) is 18.0. The Labute approximate surface area is 155 Å². The Bertz CT molecular complexity index is 763. The molecule has 25 heavy (non-hydrogen) atoms. The van der Waals surface area contributed by atoms with Crippen LogP contribution in [0.25, 0.3) is 11.4 Å². The lowest BCUT2D eigenvalue weighted by Gasteiger charge is -2.30. The maximum Gasteiger partial charge on any atom is 0.199 e. The van der Waals surface area contributed by atoms with Gasteiger partial charge in [-0.05, 0) is 75.6 Å². The predicted octanol–water partition coefficient (Wildman–Crippen LogP) is 4.36. The molecule has 0 saturated carbocycles. The van der Waals surface area contributed by atoms with Crippen molar-refractivity contribution in [3.63, 3.8) is 0 Å². The van der Waals surface area contributed by atoms with Gasteiger partial charge in [-0.25, -0.2) is 4.68 Å². The lowest BCUT2D eigenvalue weighted by atomic mass is 10.0. The van der Waals surface area contributed by atoms with Gasteiger partial charge in [-0.3, -0.25) is 9.47 Å². The van der Waals surface area contributed by atoms with E-state index in [1.807, 2.05) is 28.9 Å². The first kappa shape index (κ1) is 18.1. The molecule has 136 valence electrons. The van der Waals surface area contributed by atoms with Crippen molar-refractivity contribution < 1.29 is 4.74 Å². The molecule has 1 aromatic carbocycles. The summed E-state index contributed by atoms with van der Waals surface area (Å²) in [6, 6.07) is 8.28. The fourth-order valence-corrected chi connectivity index (χ4v) is 3.92. The van der Waals surface area contributed by atoms with Crippen LogP contribution < -0.4 is 4.74 Å². The maximum atomic E-state index is 5.75. The smallest absolute Gasteiger partial charge is 0.199 e. The molecule has 1 aliphatic heterocycles. The van der Waals surface area contributed by atoms with Gasteiger partial charge >= 0.3 is 0 Å². The summed E-state index contributed by atoms with van der Waals surface area (Å²) >= 11 is 5.75. The van der Waals surface area contributed by atoms with Crippen molar-refractivity contribution in [2.24, 2.45) is 5.92 Å². The Morgan fingerprint density at radius 2 is 2.00 bits per heavy atom. The van der Waals surface area contributed by atoms with Gasteiger partial charge in [0.2, 0.25) is 0 Å². The fourth-order valence-electron chi connectivity index (χ4n) is 3.52. The Kier molecular flexibility index (Phi) is 5.59. The highest BCUT2D eigenvalue weighted by atomic mass is 32.1. The molecule has 1 fully saturated rings. The molecular weight excluding hydrogens is 332 g/mol. The van der Waals surface area contributed by atoms with E-state index in [2.05, 4.69) is 30.2 Å². The topological polar surface area (TPSA) is 35.2 Å². The number of methoxy groups -OCH3 is 1. The summed E-state index contributed by atoms with van der Waals surface area (Å²) in [5.74, 6) is 2.52. The average molecular weight is 361 g/mol. The van der Waals surface area contributed by atoms with Gasteiger partial charge in [0, 0.05) is 18.2 Å². The monoisotopic (exact) mass is 360 g/mol. The molecular formula is C19H28N4OS. The largest absolute Gasteiger partial charge is 0.497 e.